The molecule has 0 bridgehead atoms. The first kappa shape index (κ1) is 21.8. The van der Waals surface area contributed by atoms with E-state index >= 15 is 0 Å². The van der Waals surface area contributed by atoms with Crippen LogP contribution in [0.15, 0.2) is 48.5 Å². The summed E-state index contributed by atoms with van der Waals surface area (Å²) in [5.74, 6) is 0.0984. The number of rotatable bonds is 11. The molecular formula is C23H29N3O4. The Labute approximate surface area is 176 Å². The molecule has 1 unspecified atom stereocenters. The zero-order chi connectivity index (χ0) is 21.5. The summed E-state index contributed by atoms with van der Waals surface area (Å²) in [5, 5.41) is 12.1. The van der Waals surface area contributed by atoms with Crippen LogP contribution in [0, 0.1) is 5.92 Å². The Balaban J connectivity index is 1.70. The van der Waals surface area contributed by atoms with Crippen LogP contribution >= 0.6 is 0 Å². The molecule has 0 aromatic heterocycles. The third-order valence-electron chi connectivity index (χ3n) is 5.28. The number of nitrogens with one attached hydrogen (secondary N) is 1. The van der Waals surface area contributed by atoms with E-state index in [0.29, 0.717) is 36.7 Å². The monoisotopic (exact) mass is 411 g/mol. The zero-order valence-corrected chi connectivity index (χ0v) is 17.2. The smallest absolute Gasteiger partial charge is 0.320 e. The van der Waals surface area contributed by atoms with Crippen molar-refractivity contribution in [3.05, 3.63) is 59.7 Å². The number of benzene rings is 2. The number of hydrogen-bond acceptors (Lipinski definition) is 5. The molecule has 0 aliphatic heterocycles. The van der Waals surface area contributed by atoms with Gasteiger partial charge >= 0.3 is 5.97 Å². The van der Waals surface area contributed by atoms with Crippen LogP contribution in [-0.4, -0.2) is 48.1 Å². The number of carboxylic acids is 1. The van der Waals surface area contributed by atoms with Gasteiger partial charge in [-0.3, -0.25) is 14.5 Å². The standard InChI is InChI=1S/C23H29N3O4/c1-30-19-7-4-6-17(13-19)22(27)25-21-8-3-2-5-18(21)15-26(14-16-9-10-16)12-11-20(24)23(28)29/h2-8,13,16,20H,9-12,14-15,24H2,1H3,(H,25,27)(H,28,29). The third kappa shape index (κ3) is 6.30. The summed E-state index contributed by atoms with van der Waals surface area (Å²) in [6.45, 7) is 2.13. The Hall–Kier alpha value is -2.90. The number of amides is 1. The molecule has 30 heavy (non-hydrogen) atoms. The largest absolute Gasteiger partial charge is 0.497 e. The van der Waals surface area contributed by atoms with Gasteiger partial charge in [0.25, 0.3) is 5.91 Å². The minimum Gasteiger partial charge on any atom is -0.497 e. The number of carbonyl (C=O) groups is 2. The predicted octanol–water partition coefficient (Wildman–Crippen LogP) is 2.96. The van der Waals surface area contributed by atoms with Crippen LogP contribution in [0.4, 0.5) is 5.69 Å². The van der Waals surface area contributed by atoms with Crippen molar-refractivity contribution in [2.24, 2.45) is 11.7 Å². The summed E-state index contributed by atoms with van der Waals surface area (Å²) in [6.07, 6.45) is 2.80. The Morgan fingerprint density at radius 3 is 2.70 bits per heavy atom. The van der Waals surface area contributed by atoms with E-state index in [1.54, 1.807) is 31.4 Å². The Morgan fingerprint density at radius 2 is 2.00 bits per heavy atom. The minimum absolute atomic E-state index is 0.206. The van der Waals surface area contributed by atoms with Crippen molar-refractivity contribution in [1.29, 1.82) is 0 Å². The number of aliphatic carboxylic acids is 1. The number of para-hydroxylation sites is 1. The maximum absolute atomic E-state index is 12.7. The zero-order valence-electron chi connectivity index (χ0n) is 17.2. The average Bonchev–Trinajstić information content (AvgIpc) is 3.57. The molecule has 2 aromatic rings. The van der Waals surface area contributed by atoms with Gasteiger partial charge in [0, 0.05) is 30.9 Å². The van der Waals surface area contributed by atoms with Gasteiger partial charge < -0.3 is 20.9 Å². The van der Waals surface area contributed by atoms with Crippen molar-refractivity contribution in [3.63, 3.8) is 0 Å². The van der Waals surface area contributed by atoms with E-state index in [1.165, 1.54) is 12.8 Å². The lowest BCUT2D eigenvalue weighted by molar-refractivity contribution is -0.138. The van der Waals surface area contributed by atoms with Crippen LogP contribution in [-0.2, 0) is 11.3 Å². The van der Waals surface area contributed by atoms with Crippen LogP contribution in [0.25, 0.3) is 0 Å². The normalized spacial score (nSPS) is 14.4. The molecule has 0 radical (unpaired) electrons. The summed E-state index contributed by atoms with van der Waals surface area (Å²) in [7, 11) is 1.57. The number of hydrogen-bond donors (Lipinski definition) is 3. The molecule has 7 nitrogen and oxygen atoms in total. The molecule has 1 aliphatic rings. The van der Waals surface area contributed by atoms with E-state index in [9.17, 15) is 9.59 Å². The Kier molecular flexibility index (Phi) is 7.43. The summed E-state index contributed by atoms with van der Waals surface area (Å²) in [6, 6.07) is 13.8. The highest BCUT2D eigenvalue weighted by Crippen LogP contribution is 2.31. The van der Waals surface area contributed by atoms with Crippen LogP contribution in [0.5, 0.6) is 5.75 Å². The predicted molar refractivity (Wildman–Crippen MR) is 116 cm³/mol. The van der Waals surface area contributed by atoms with Gasteiger partial charge in [-0.2, -0.15) is 0 Å². The maximum Gasteiger partial charge on any atom is 0.320 e. The molecule has 4 N–H and O–H groups in total. The molecule has 1 saturated carbocycles. The molecule has 160 valence electrons. The molecule has 1 atom stereocenters. The number of ether oxygens (including phenoxy) is 1. The van der Waals surface area contributed by atoms with Gasteiger partial charge in [-0.25, -0.2) is 0 Å². The average molecular weight is 412 g/mol. The summed E-state index contributed by atoms with van der Waals surface area (Å²) in [5.41, 5.74) is 7.94. The number of methoxy groups -OCH3 is 1. The van der Waals surface area contributed by atoms with Crippen LogP contribution < -0.4 is 15.8 Å². The summed E-state index contributed by atoms with van der Waals surface area (Å²) >= 11 is 0. The Morgan fingerprint density at radius 1 is 1.23 bits per heavy atom. The quantitative estimate of drug-likeness (QED) is 0.525. The molecule has 0 saturated heterocycles. The number of anilines is 1. The molecule has 0 spiro atoms. The molecule has 2 aromatic carbocycles. The fourth-order valence-corrected chi connectivity index (χ4v) is 3.33. The second-order valence-electron chi connectivity index (χ2n) is 7.76. The van der Waals surface area contributed by atoms with Gasteiger partial charge in [0.05, 0.1) is 7.11 Å². The first-order valence-electron chi connectivity index (χ1n) is 10.2. The number of nitrogens with zero attached hydrogens (tertiary/aromatic N) is 1. The van der Waals surface area contributed by atoms with Crippen molar-refractivity contribution < 1.29 is 19.4 Å². The van der Waals surface area contributed by atoms with Gasteiger partial charge in [-0.1, -0.05) is 24.3 Å². The fraction of sp³-hybridized carbons (Fsp3) is 0.391. The Bertz CT molecular complexity index is 882. The van der Waals surface area contributed by atoms with Crippen molar-refractivity contribution in [1.82, 2.24) is 4.90 Å². The first-order chi connectivity index (χ1) is 14.5. The topological polar surface area (TPSA) is 105 Å². The lowest BCUT2D eigenvalue weighted by Gasteiger charge is -2.24. The van der Waals surface area contributed by atoms with E-state index in [4.69, 9.17) is 15.6 Å². The highest BCUT2D eigenvalue weighted by atomic mass is 16.5. The van der Waals surface area contributed by atoms with Crippen molar-refractivity contribution in [2.45, 2.75) is 31.8 Å². The fourth-order valence-electron chi connectivity index (χ4n) is 3.33. The van der Waals surface area contributed by atoms with E-state index in [2.05, 4.69) is 10.2 Å². The number of carboxylic acid groups (broad SMARTS) is 1. The van der Waals surface area contributed by atoms with E-state index in [0.717, 1.165) is 17.8 Å². The first-order valence-corrected chi connectivity index (χ1v) is 10.2. The van der Waals surface area contributed by atoms with Gasteiger partial charge in [0.1, 0.15) is 11.8 Å². The van der Waals surface area contributed by atoms with Gasteiger partial charge in [0.15, 0.2) is 0 Å². The van der Waals surface area contributed by atoms with Crippen molar-refractivity contribution in [2.75, 3.05) is 25.5 Å². The van der Waals surface area contributed by atoms with E-state index in [-0.39, 0.29) is 5.91 Å². The summed E-state index contributed by atoms with van der Waals surface area (Å²) in [4.78, 5) is 26.0. The third-order valence-corrected chi connectivity index (χ3v) is 5.28. The van der Waals surface area contributed by atoms with Crippen molar-refractivity contribution in [3.8, 4) is 5.75 Å². The van der Waals surface area contributed by atoms with Gasteiger partial charge in [-0.05, 0) is 55.0 Å². The second kappa shape index (κ2) is 10.2. The van der Waals surface area contributed by atoms with Gasteiger partial charge in [0.2, 0.25) is 0 Å². The highest BCUT2D eigenvalue weighted by Gasteiger charge is 2.25. The van der Waals surface area contributed by atoms with E-state index < -0.39 is 12.0 Å². The molecule has 1 aliphatic carbocycles. The maximum atomic E-state index is 12.7. The molecule has 0 heterocycles. The van der Waals surface area contributed by atoms with E-state index in [1.807, 2.05) is 24.3 Å². The SMILES string of the molecule is COc1cccc(C(=O)Nc2ccccc2CN(CCC(N)C(=O)O)CC2CC2)c1. The van der Waals surface area contributed by atoms with Crippen LogP contribution in [0.3, 0.4) is 0 Å². The second-order valence-corrected chi connectivity index (χ2v) is 7.76. The summed E-state index contributed by atoms with van der Waals surface area (Å²) < 4.78 is 5.20. The lowest BCUT2D eigenvalue weighted by atomic mass is 10.1. The molecular weight excluding hydrogens is 382 g/mol. The number of carbonyl (C=O) groups excluding carboxylic acids is 1. The van der Waals surface area contributed by atoms with Crippen LogP contribution in [0.1, 0.15) is 35.2 Å². The minimum atomic E-state index is -0.979. The lowest BCUT2D eigenvalue weighted by Crippen LogP contribution is -2.36. The number of nitrogens with two attached hydrogens (primary N) is 1. The van der Waals surface area contributed by atoms with Crippen LogP contribution in [0.2, 0.25) is 0 Å². The molecule has 1 amide bonds. The molecule has 1 fully saturated rings. The molecule has 3 rings (SSSR count). The van der Waals surface area contributed by atoms with Gasteiger partial charge in [-0.15, -0.1) is 0 Å². The highest BCUT2D eigenvalue weighted by molar-refractivity contribution is 6.04. The molecule has 7 heteroatoms. The van der Waals surface area contributed by atoms with Crippen molar-refractivity contribution >= 4 is 17.6 Å².